The maximum atomic E-state index is 3.68. The van der Waals surface area contributed by atoms with Crippen LogP contribution in [-0.2, 0) is 6.42 Å². The van der Waals surface area contributed by atoms with Crippen LogP contribution in [0.4, 0.5) is 0 Å². The van der Waals surface area contributed by atoms with Crippen LogP contribution in [-0.4, -0.2) is 11.0 Å². The summed E-state index contributed by atoms with van der Waals surface area (Å²) in [5.74, 6) is 0. The summed E-state index contributed by atoms with van der Waals surface area (Å²) >= 11 is 0. The highest BCUT2D eigenvalue weighted by Gasteiger charge is 2.24. The first-order valence-corrected chi connectivity index (χ1v) is 5.27. The minimum atomic E-state index is 0.569. The van der Waals surface area contributed by atoms with Crippen LogP contribution in [0, 0.1) is 0 Å². The van der Waals surface area contributed by atoms with E-state index in [1.807, 2.05) is 0 Å². The van der Waals surface area contributed by atoms with Crippen LogP contribution in [0.15, 0.2) is 12.3 Å². The van der Waals surface area contributed by atoms with E-state index in [9.17, 15) is 0 Å². The van der Waals surface area contributed by atoms with E-state index in [0.29, 0.717) is 12.1 Å². The van der Waals surface area contributed by atoms with Gasteiger partial charge >= 0.3 is 0 Å². The van der Waals surface area contributed by atoms with Crippen LogP contribution < -0.4 is 5.32 Å². The summed E-state index contributed by atoms with van der Waals surface area (Å²) in [4.78, 5) is 3.35. The molecule has 0 aliphatic carbocycles. The Kier molecular flexibility index (Phi) is 2.40. The van der Waals surface area contributed by atoms with Crippen LogP contribution in [0.25, 0.3) is 0 Å². The third kappa shape index (κ3) is 1.51. The molecule has 0 unspecified atom stereocenters. The lowest BCUT2D eigenvalue weighted by atomic mass is 9.93. The zero-order valence-electron chi connectivity index (χ0n) is 8.43. The van der Waals surface area contributed by atoms with Gasteiger partial charge in [-0.3, -0.25) is 0 Å². The SMILES string of the molecule is CC[C@H]1Cc2[nH]ccc2[C@@H](CC)N1. The number of aromatic nitrogens is 1. The van der Waals surface area contributed by atoms with Gasteiger partial charge in [0.25, 0.3) is 0 Å². The van der Waals surface area contributed by atoms with Crippen molar-refractivity contribution in [3.63, 3.8) is 0 Å². The van der Waals surface area contributed by atoms with Crippen molar-refractivity contribution in [2.45, 2.75) is 45.2 Å². The van der Waals surface area contributed by atoms with Crippen molar-refractivity contribution in [3.8, 4) is 0 Å². The number of hydrogen-bond donors (Lipinski definition) is 2. The Balaban J connectivity index is 2.25. The summed E-state index contributed by atoms with van der Waals surface area (Å²) < 4.78 is 0. The zero-order chi connectivity index (χ0) is 9.26. The van der Waals surface area contributed by atoms with Gasteiger partial charge in [-0.25, -0.2) is 0 Å². The molecule has 2 N–H and O–H groups in total. The minimum Gasteiger partial charge on any atom is -0.365 e. The first kappa shape index (κ1) is 8.82. The fraction of sp³-hybridized carbons (Fsp3) is 0.636. The lowest BCUT2D eigenvalue weighted by Gasteiger charge is -2.30. The van der Waals surface area contributed by atoms with E-state index >= 15 is 0 Å². The van der Waals surface area contributed by atoms with Crippen LogP contribution in [0.5, 0.6) is 0 Å². The van der Waals surface area contributed by atoms with Crippen LogP contribution in [0.2, 0.25) is 0 Å². The molecule has 0 spiro atoms. The zero-order valence-corrected chi connectivity index (χ0v) is 8.43. The lowest BCUT2D eigenvalue weighted by molar-refractivity contribution is 0.384. The molecule has 1 aromatic rings. The first-order chi connectivity index (χ1) is 6.35. The largest absolute Gasteiger partial charge is 0.365 e. The smallest absolute Gasteiger partial charge is 0.0337 e. The predicted molar refractivity (Wildman–Crippen MR) is 54.7 cm³/mol. The molecule has 1 aliphatic heterocycles. The number of hydrogen-bond acceptors (Lipinski definition) is 1. The molecule has 0 bridgehead atoms. The van der Waals surface area contributed by atoms with Crippen LogP contribution in [0.3, 0.4) is 0 Å². The van der Waals surface area contributed by atoms with Gasteiger partial charge in [-0.05, 0) is 24.5 Å². The molecule has 2 nitrogen and oxygen atoms in total. The molecule has 72 valence electrons. The van der Waals surface area contributed by atoms with Gasteiger partial charge in [-0.2, -0.15) is 0 Å². The van der Waals surface area contributed by atoms with E-state index in [0.717, 1.165) is 6.42 Å². The quantitative estimate of drug-likeness (QED) is 0.715. The van der Waals surface area contributed by atoms with Gasteiger partial charge in [0.1, 0.15) is 0 Å². The Bertz CT molecular complexity index is 277. The normalized spacial score (nSPS) is 27.2. The number of H-pyrrole nitrogens is 1. The Morgan fingerprint density at radius 1 is 1.38 bits per heavy atom. The maximum Gasteiger partial charge on any atom is 0.0337 e. The summed E-state index contributed by atoms with van der Waals surface area (Å²) in [6.07, 6.45) is 5.62. The van der Waals surface area contributed by atoms with Crippen molar-refractivity contribution in [3.05, 3.63) is 23.5 Å². The fourth-order valence-corrected chi connectivity index (χ4v) is 2.20. The summed E-state index contributed by atoms with van der Waals surface area (Å²) in [7, 11) is 0. The molecule has 1 aromatic heterocycles. The summed E-state index contributed by atoms with van der Waals surface area (Å²) in [6.45, 7) is 4.49. The fourth-order valence-electron chi connectivity index (χ4n) is 2.20. The molecule has 2 heteroatoms. The number of aromatic amines is 1. The molecule has 0 saturated carbocycles. The van der Waals surface area contributed by atoms with Crippen molar-refractivity contribution < 1.29 is 0 Å². The Morgan fingerprint density at radius 2 is 2.23 bits per heavy atom. The molecule has 0 radical (unpaired) electrons. The minimum absolute atomic E-state index is 0.569. The van der Waals surface area contributed by atoms with E-state index in [1.54, 1.807) is 0 Å². The number of rotatable bonds is 2. The highest BCUT2D eigenvalue weighted by Crippen LogP contribution is 2.27. The van der Waals surface area contributed by atoms with Gasteiger partial charge < -0.3 is 10.3 Å². The third-order valence-electron chi connectivity index (χ3n) is 3.03. The van der Waals surface area contributed by atoms with E-state index < -0.39 is 0 Å². The summed E-state index contributed by atoms with van der Waals surface area (Å²) in [5, 5.41) is 3.68. The number of fused-ring (bicyclic) bond motifs is 1. The van der Waals surface area contributed by atoms with Crippen molar-refractivity contribution in [1.29, 1.82) is 0 Å². The molecule has 2 heterocycles. The molecular weight excluding hydrogens is 160 g/mol. The predicted octanol–water partition coefficient (Wildman–Crippen LogP) is 2.39. The summed E-state index contributed by atoms with van der Waals surface area (Å²) in [6, 6.07) is 3.44. The molecule has 1 aliphatic rings. The topological polar surface area (TPSA) is 27.8 Å². The van der Waals surface area contributed by atoms with Crippen molar-refractivity contribution in [2.75, 3.05) is 0 Å². The third-order valence-corrected chi connectivity index (χ3v) is 3.03. The molecule has 0 fully saturated rings. The molecule has 2 atom stereocenters. The van der Waals surface area contributed by atoms with Gasteiger partial charge in [0, 0.05) is 30.4 Å². The maximum absolute atomic E-state index is 3.68. The van der Waals surface area contributed by atoms with Gasteiger partial charge in [-0.15, -0.1) is 0 Å². The highest BCUT2D eigenvalue weighted by molar-refractivity contribution is 5.28. The van der Waals surface area contributed by atoms with E-state index in [-0.39, 0.29) is 0 Å². The Labute approximate surface area is 79.7 Å². The van der Waals surface area contributed by atoms with Crippen molar-refractivity contribution >= 4 is 0 Å². The van der Waals surface area contributed by atoms with Crippen LogP contribution >= 0.6 is 0 Å². The Morgan fingerprint density at radius 3 is 2.92 bits per heavy atom. The first-order valence-electron chi connectivity index (χ1n) is 5.27. The second kappa shape index (κ2) is 3.54. The van der Waals surface area contributed by atoms with Crippen molar-refractivity contribution in [2.24, 2.45) is 0 Å². The number of nitrogens with one attached hydrogen (secondary N) is 2. The van der Waals surface area contributed by atoms with Gasteiger partial charge in [0.15, 0.2) is 0 Å². The second-order valence-corrected chi connectivity index (χ2v) is 3.85. The highest BCUT2D eigenvalue weighted by atomic mass is 15.0. The van der Waals surface area contributed by atoms with E-state index in [1.165, 1.54) is 24.1 Å². The summed E-state index contributed by atoms with van der Waals surface area (Å²) in [5.41, 5.74) is 2.92. The van der Waals surface area contributed by atoms with Gasteiger partial charge in [0.2, 0.25) is 0 Å². The van der Waals surface area contributed by atoms with Crippen LogP contribution in [0.1, 0.15) is 44.0 Å². The molecule has 0 aromatic carbocycles. The monoisotopic (exact) mass is 178 g/mol. The van der Waals surface area contributed by atoms with Gasteiger partial charge in [-0.1, -0.05) is 13.8 Å². The van der Waals surface area contributed by atoms with Gasteiger partial charge in [0.05, 0.1) is 0 Å². The molecule has 2 rings (SSSR count). The average Bonchev–Trinajstić information content (AvgIpc) is 2.63. The van der Waals surface area contributed by atoms with E-state index in [4.69, 9.17) is 0 Å². The molecule has 0 saturated heterocycles. The van der Waals surface area contributed by atoms with Crippen molar-refractivity contribution in [1.82, 2.24) is 10.3 Å². The standard InChI is InChI=1S/C11H18N2/c1-3-8-7-11-9(5-6-12-11)10(4-2)13-8/h5-6,8,10,12-13H,3-4,7H2,1-2H3/t8-,10+/m0/s1. The lowest BCUT2D eigenvalue weighted by Crippen LogP contribution is -2.38. The Hall–Kier alpha value is -0.760. The molecule has 13 heavy (non-hydrogen) atoms. The van der Waals surface area contributed by atoms with E-state index in [2.05, 4.69) is 36.4 Å². The molecule has 0 amide bonds. The molecular formula is C11H18N2. The average molecular weight is 178 g/mol. The second-order valence-electron chi connectivity index (χ2n) is 3.85.